The largest absolute Gasteiger partial charge is 0.360 e. The van der Waals surface area contributed by atoms with E-state index in [9.17, 15) is 0 Å². The predicted molar refractivity (Wildman–Crippen MR) is 62.7 cm³/mol. The molecule has 0 radical (unpaired) electrons. The number of nitrogens with zero attached hydrogens (tertiary/aromatic N) is 2. The molecule has 90 valence electrons. The van der Waals surface area contributed by atoms with Gasteiger partial charge in [-0.1, -0.05) is 12.1 Å². The van der Waals surface area contributed by atoms with Crippen molar-refractivity contribution >= 4 is 0 Å². The maximum Gasteiger partial charge on any atom is 0.151 e. The summed E-state index contributed by atoms with van der Waals surface area (Å²) in [6, 6.07) is 2.60. The zero-order valence-electron chi connectivity index (χ0n) is 10.1. The highest BCUT2D eigenvalue weighted by Gasteiger charge is 2.23. The van der Waals surface area contributed by atoms with E-state index in [1.54, 1.807) is 0 Å². The minimum absolute atomic E-state index is 0.454. The molecule has 0 aliphatic carbocycles. The van der Waals surface area contributed by atoms with E-state index >= 15 is 0 Å². The van der Waals surface area contributed by atoms with Crippen molar-refractivity contribution in [3.8, 4) is 0 Å². The van der Waals surface area contributed by atoms with E-state index in [-0.39, 0.29) is 0 Å². The summed E-state index contributed by atoms with van der Waals surface area (Å²) in [5.74, 6) is 1.78. The Bertz CT molecular complexity index is 337. The van der Waals surface area contributed by atoms with E-state index in [1.807, 2.05) is 6.07 Å². The van der Waals surface area contributed by atoms with Crippen LogP contribution in [0, 0.1) is 5.92 Å². The molecule has 2 heterocycles. The normalized spacial score (nSPS) is 27.2. The van der Waals surface area contributed by atoms with Crippen molar-refractivity contribution < 1.29 is 4.52 Å². The third kappa shape index (κ3) is 2.62. The lowest BCUT2D eigenvalue weighted by atomic mass is 9.93. The van der Waals surface area contributed by atoms with Crippen LogP contribution in [0.5, 0.6) is 0 Å². The van der Waals surface area contributed by atoms with Gasteiger partial charge in [0.1, 0.15) is 0 Å². The summed E-state index contributed by atoms with van der Waals surface area (Å²) in [7, 11) is 0. The monoisotopic (exact) mass is 223 g/mol. The summed E-state index contributed by atoms with van der Waals surface area (Å²) >= 11 is 0. The van der Waals surface area contributed by atoms with Crippen LogP contribution in [-0.4, -0.2) is 22.6 Å². The fraction of sp³-hybridized carbons (Fsp3) is 0.750. The topological polar surface area (TPSA) is 55.3 Å². The summed E-state index contributed by atoms with van der Waals surface area (Å²) in [6.45, 7) is 7.09. The zero-order chi connectivity index (χ0) is 11.5. The van der Waals surface area contributed by atoms with Gasteiger partial charge in [0, 0.05) is 18.7 Å². The third-order valence-electron chi connectivity index (χ3n) is 3.45. The average Bonchev–Trinajstić information content (AvgIpc) is 2.70. The molecule has 16 heavy (non-hydrogen) atoms. The Labute approximate surface area is 96.8 Å². The van der Waals surface area contributed by atoms with Gasteiger partial charge in [0.25, 0.3) is 0 Å². The molecule has 2 atom stereocenters. The highest BCUT2D eigenvalue weighted by atomic mass is 16.5. The van der Waals surface area contributed by atoms with Gasteiger partial charge in [0.05, 0.1) is 12.2 Å². The molecule has 0 aromatic carbocycles. The number of nitrogens with two attached hydrogens (primary N) is 1. The number of likely N-dealkylation sites (tertiary alicyclic amines) is 1. The van der Waals surface area contributed by atoms with E-state index in [1.165, 1.54) is 12.8 Å². The van der Waals surface area contributed by atoms with E-state index in [4.69, 9.17) is 10.3 Å². The highest BCUT2D eigenvalue weighted by Crippen LogP contribution is 2.23. The smallest absolute Gasteiger partial charge is 0.151 e. The Kier molecular flexibility index (Phi) is 3.61. The van der Waals surface area contributed by atoms with Crippen LogP contribution < -0.4 is 5.73 Å². The lowest BCUT2D eigenvalue weighted by molar-refractivity contribution is 0.110. The summed E-state index contributed by atoms with van der Waals surface area (Å²) in [6.07, 6.45) is 2.56. The van der Waals surface area contributed by atoms with Crippen LogP contribution in [0.4, 0.5) is 0 Å². The van der Waals surface area contributed by atoms with Crippen LogP contribution in [0.2, 0.25) is 0 Å². The summed E-state index contributed by atoms with van der Waals surface area (Å²) in [4.78, 5) is 2.46. The van der Waals surface area contributed by atoms with Crippen molar-refractivity contribution in [2.75, 3.05) is 6.54 Å². The van der Waals surface area contributed by atoms with Crippen molar-refractivity contribution in [3.63, 3.8) is 0 Å². The fourth-order valence-electron chi connectivity index (χ4n) is 2.42. The first-order chi connectivity index (χ1) is 7.69. The van der Waals surface area contributed by atoms with Gasteiger partial charge in [0.2, 0.25) is 0 Å². The van der Waals surface area contributed by atoms with Gasteiger partial charge in [-0.2, -0.15) is 0 Å². The Morgan fingerprint density at radius 2 is 2.38 bits per heavy atom. The SMILES string of the molecule is CC1CCN(Cc2cc(CN)no2)C(C)C1. The van der Waals surface area contributed by atoms with Crippen LogP contribution in [0.25, 0.3) is 0 Å². The molecule has 1 aliphatic heterocycles. The van der Waals surface area contributed by atoms with Crippen LogP contribution in [0.15, 0.2) is 10.6 Å². The first-order valence-electron chi connectivity index (χ1n) is 6.07. The maximum absolute atomic E-state index is 5.51. The Morgan fingerprint density at radius 1 is 1.56 bits per heavy atom. The number of aromatic nitrogens is 1. The van der Waals surface area contributed by atoms with Gasteiger partial charge in [-0.15, -0.1) is 0 Å². The molecule has 1 fully saturated rings. The van der Waals surface area contributed by atoms with Crippen LogP contribution >= 0.6 is 0 Å². The minimum atomic E-state index is 0.454. The van der Waals surface area contributed by atoms with Gasteiger partial charge in [-0.3, -0.25) is 4.90 Å². The molecule has 1 saturated heterocycles. The molecule has 0 saturated carbocycles. The molecule has 4 heteroatoms. The molecule has 2 rings (SSSR count). The number of piperidine rings is 1. The van der Waals surface area contributed by atoms with E-state index in [2.05, 4.69) is 23.9 Å². The maximum atomic E-state index is 5.51. The van der Waals surface area contributed by atoms with E-state index in [0.717, 1.165) is 30.5 Å². The molecular weight excluding hydrogens is 202 g/mol. The predicted octanol–water partition coefficient (Wildman–Crippen LogP) is 1.75. The van der Waals surface area contributed by atoms with Gasteiger partial charge < -0.3 is 10.3 Å². The summed E-state index contributed by atoms with van der Waals surface area (Å²) < 4.78 is 5.26. The van der Waals surface area contributed by atoms with Gasteiger partial charge in [-0.05, 0) is 32.2 Å². The number of hydrogen-bond acceptors (Lipinski definition) is 4. The van der Waals surface area contributed by atoms with Crippen LogP contribution in [0.3, 0.4) is 0 Å². The van der Waals surface area contributed by atoms with Crippen LogP contribution in [0.1, 0.15) is 38.1 Å². The van der Waals surface area contributed by atoms with Gasteiger partial charge in [0.15, 0.2) is 5.76 Å². The van der Waals surface area contributed by atoms with E-state index in [0.29, 0.717) is 12.6 Å². The average molecular weight is 223 g/mol. The summed E-state index contributed by atoms with van der Waals surface area (Å²) in [5.41, 5.74) is 6.35. The molecule has 4 nitrogen and oxygen atoms in total. The zero-order valence-corrected chi connectivity index (χ0v) is 10.1. The molecule has 1 aromatic heterocycles. The van der Waals surface area contributed by atoms with Crippen molar-refractivity contribution in [1.82, 2.24) is 10.1 Å². The molecule has 2 N–H and O–H groups in total. The van der Waals surface area contributed by atoms with Crippen molar-refractivity contribution in [1.29, 1.82) is 0 Å². The van der Waals surface area contributed by atoms with Crippen LogP contribution in [-0.2, 0) is 13.1 Å². The number of hydrogen-bond donors (Lipinski definition) is 1. The molecule has 0 amide bonds. The molecule has 1 aliphatic rings. The Hall–Kier alpha value is -0.870. The second kappa shape index (κ2) is 4.97. The Morgan fingerprint density at radius 3 is 3.00 bits per heavy atom. The first-order valence-corrected chi connectivity index (χ1v) is 6.07. The van der Waals surface area contributed by atoms with Crippen molar-refractivity contribution in [3.05, 3.63) is 17.5 Å². The minimum Gasteiger partial charge on any atom is -0.360 e. The number of rotatable bonds is 3. The van der Waals surface area contributed by atoms with Gasteiger partial charge in [-0.25, -0.2) is 0 Å². The lowest BCUT2D eigenvalue weighted by Gasteiger charge is -2.35. The molecule has 0 spiro atoms. The lowest BCUT2D eigenvalue weighted by Crippen LogP contribution is -2.39. The van der Waals surface area contributed by atoms with Gasteiger partial charge >= 0.3 is 0 Å². The standard InChI is InChI=1S/C12H21N3O/c1-9-3-4-15(10(2)5-9)8-12-6-11(7-13)14-16-12/h6,9-10H,3-5,7-8,13H2,1-2H3. The highest BCUT2D eigenvalue weighted by molar-refractivity contribution is 5.05. The Balaban J connectivity index is 1.93. The fourth-order valence-corrected chi connectivity index (χ4v) is 2.42. The van der Waals surface area contributed by atoms with Crippen molar-refractivity contribution in [2.45, 2.75) is 45.8 Å². The van der Waals surface area contributed by atoms with Crippen molar-refractivity contribution in [2.24, 2.45) is 11.7 Å². The molecule has 1 aromatic rings. The quantitative estimate of drug-likeness (QED) is 0.848. The molecule has 2 unspecified atom stereocenters. The first kappa shape index (κ1) is 11.6. The summed E-state index contributed by atoms with van der Waals surface area (Å²) in [5, 5.41) is 3.91. The second-order valence-electron chi connectivity index (χ2n) is 4.94. The molecule has 0 bridgehead atoms. The second-order valence-corrected chi connectivity index (χ2v) is 4.94. The third-order valence-corrected chi connectivity index (χ3v) is 3.45. The molecular formula is C12H21N3O. The van der Waals surface area contributed by atoms with E-state index < -0.39 is 0 Å².